The molecule has 0 spiro atoms. The van der Waals surface area contributed by atoms with Gasteiger partial charge in [-0.25, -0.2) is 4.79 Å². The number of hydrogen-bond acceptors (Lipinski definition) is 6. The van der Waals surface area contributed by atoms with Crippen molar-refractivity contribution >= 4 is 29.3 Å². The SMILES string of the molecule is CCOC(=O)c1nnsc1SC. The lowest BCUT2D eigenvalue weighted by molar-refractivity contribution is 0.0515. The summed E-state index contributed by atoms with van der Waals surface area (Å²) >= 11 is 2.65. The number of carbonyl (C=O) groups excluding carboxylic acids is 1. The zero-order valence-electron chi connectivity index (χ0n) is 6.73. The van der Waals surface area contributed by atoms with Crippen LogP contribution in [0.1, 0.15) is 17.4 Å². The molecule has 0 aliphatic rings. The molecule has 1 aromatic rings. The molecule has 0 atom stereocenters. The highest BCUT2D eigenvalue weighted by molar-refractivity contribution is 8.00. The maximum absolute atomic E-state index is 11.2. The predicted octanol–water partition coefficient (Wildman–Crippen LogP) is 1.44. The number of esters is 1. The number of nitrogens with zero attached hydrogens (tertiary/aromatic N) is 2. The molecule has 66 valence electrons. The first kappa shape index (κ1) is 9.47. The van der Waals surface area contributed by atoms with Crippen LogP contribution in [0.25, 0.3) is 0 Å². The highest BCUT2D eigenvalue weighted by Crippen LogP contribution is 2.22. The van der Waals surface area contributed by atoms with Gasteiger partial charge >= 0.3 is 5.97 Å². The second-order valence-corrected chi connectivity index (χ2v) is 3.66. The molecule has 4 nitrogen and oxygen atoms in total. The lowest BCUT2D eigenvalue weighted by atomic mass is 10.5. The molecular weight excluding hydrogens is 196 g/mol. The van der Waals surface area contributed by atoms with Gasteiger partial charge in [0, 0.05) is 0 Å². The van der Waals surface area contributed by atoms with Crippen molar-refractivity contribution in [3.05, 3.63) is 5.69 Å². The highest BCUT2D eigenvalue weighted by Gasteiger charge is 2.16. The summed E-state index contributed by atoms with van der Waals surface area (Å²) in [5.74, 6) is -0.393. The molecular formula is C6H8N2O2S2. The average Bonchev–Trinajstić information content (AvgIpc) is 2.51. The Balaban J connectivity index is 2.79. The van der Waals surface area contributed by atoms with E-state index in [1.165, 1.54) is 23.3 Å². The van der Waals surface area contributed by atoms with Crippen molar-refractivity contribution in [2.45, 2.75) is 11.1 Å². The third kappa shape index (κ3) is 1.95. The third-order valence-corrected chi connectivity index (χ3v) is 2.92. The molecule has 0 saturated heterocycles. The second-order valence-electron chi connectivity index (χ2n) is 1.83. The first-order chi connectivity index (χ1) is 5.79. The van der Waals surface area contributed by atoms with Crippen molar-refractivity contribution < 1.29 is 9.53 Å². The van der Waals surface area contributed by atoms with Crippen LogP contribution in [0.4, 0.5) is 0 Å². The lowest BCUT2D eigenvalue weighted by Gasteiger charge is -1.97. The Morgan fingerprint density at radius 2 is 2.50 bits per heavy atom. The molecule has 0 aliphatic carbocycles. The van der Waals surface area contributed by atoms with Gasteiger partial charge in [0.25, 0.3) is 0 Å². The molecule has 12 heavy (non-hydrogen) atoms. The van der Waals surface area contributed by atoms with E-state index in [-0.39, 0.29) is 0 Å². The predicted molar refractivity (Wildman–Crippen MR) is 47.6 cm³/mol. The maximum Gasteiger partial charge on any atom is 0.361 e. The number of rotatable bonds is 3. The molecule has 0 fully saturated rings. The number of thioether (sulfide) groups is 1. The highest BCUT2D eigenvalue weighted by atomic mass is 32.2. The molecule has 6 heteroatoms. The molecule has 0 amide bonds. The zero-order chi connectivity index (χ0) is 8.97. The van der Waals surface area contributed by atoms with E-state index in [4.69, 9.17) is 4.74 Å². The van der Waals surface area contributed by atoms with Gasteiger partial charge in [-0.1, -0.05) is 4.49 Å². The van der Waals surface area contributed by atoms with Crippen LogP contribution < -0.4 is 0 Å². The third-order valence-electron chi connectivity index (χ3n) is 1.11. The van der Waals surface area contributed by atoms with Crippen molar-refractivity contribution in [3.63, 3.8) is 0 Å². The molecule has 0 aliphatic heterocycles. The molecule has 0 bridgehead atoms. The van der Waals surface area contributed by atoms with Crippen LogP contribution >= 0.6 is 23.3 Å². The standard InChI is InChI=1S/C6H8N2O2S2/c1-3-10-5(9)4-6(11-2)12-8-7-4/h3H2,1-2H3. The summed E-state index contributed by atoms with van der Waals surface area (Å²) in [6.07, 6.45) is 1.87. The Morgan fingerprint density at radius 1 is 1.75 bits per heavy atom. The molecule has 0 radical (unpaired) electrons. The first-order valence-corrected chi connectivity index (χ1v) is 5.32. The van der Waals surface area contributed by atoms with Crippen LogP contribution in [0.5, 0.6) is 0 Å². The van der Waals surface area contributed by atoms with Gasteiger partial charge in [-0.3, -0.25) is 0 Å². The molecule has 1 heterocycles. The van der Waals surface area contributed by atoms with E-state index in [9.17, 15) is 4.79 Å². The Bertz CT molecular complexity index is 274. The molecule has 0 N–H and O–H groups in total. The minimum atomic E-state index is -0.393. The Hall–Kier alpha value is -0.620. The average molecular weight is 204 g/mol. The quantitative estimate of drug-likeness (QED) is 0.551. The van der Waals surface area contributed by atoms with E-state index >= 15 is 0 Å². The smallest absolute Gasteiger partial charge is 0.361 e. The first-order valence-electron chi connectivity index (χ1n) is 3.33. The minimum absolute atomic E-state index is 0.328. The largest absolute Gasteiger partial charge is 0.461 e. The van der Waals surface area contributed by atoms with Gasteiger partial charge < -0.3 is 4.74 Å². The molecule has 0 aromatic carbocycles. The fourth-order valence-electron chi connectivity index (χ4n) is 0.640. The zero-order valence-corrected chi connectivity index (χ0v) is 8.37. The van der Waals surface area contributed by atoms with Crippen molar-refractivity contribution in [3.8, 4) is 0 Å². The van der Waals surface area contributed by atoms with Gasteiger partial charge in [-0.05, 0) is 24.7 Å². The van der Waals surface area contributed by atoms with E-state index < -0.39 is 5.97 Å². The van der Waals surface area contributed by atoms with Gasteiger partial charge in [0.05, 0.1) is 6.61 Å². The molecule has 0 unspecified atom stereocenters. The van der Waals surface area contributed by atoms with Gasteiger partial charge in [0.2, 0.25) is 0 Å². The fraction of sp³-hybridized carbons (Fsp3) is 0.500. The molecule has 0 saturated carbocycles. The minimum Gasteiger partial charge on any atom is -0.461 e. The summed E-state index contributed by atoms with van der Waals surface area (Å²) in [5, 5.41) is 3.68. The van der Waals surface area contributed by atoms with Crippen LogP contribution in [0.2, 0.25) is 0 Å². The van der Waals surface area contributed by atoms with Gasteiger partial charge in [0.1, 0.15) is 4.21 Å². The Kier molecular flexibility index (Phi) is 3.48. The van der Waals surface area contributed by atoms with Gasteiger partial charge in [0.15, 0.2) is 5.69 Å². The van der Waals surface area contributed by atoms with Crippen LogP contribution in [0.15, 0.2) is 4.21 Å². The summed E-state index contributed by atoms with van der Waals surface area (Å²) in [5.41, 5.74) is 0.328. The van der Waals surface area contributed by atoms with E-state index in [0.29, 0.717) is 12.3 Å². The molecule has 1 aromatic heterocycles. The monoisotopic (exact) mass is 204 g/mol. The summed E-state index contributed by atoms with van der Waals surface area (Å²) < 4.78 is 9.25. The number of carbonyl (C=O) groups is 1. The van der Waals surface area contributed by atoms with Crippen LogP contribution in [-0.4, -0.2) is 28.4 Å². The summed E-state index contributed by atoms with van der Waals surface area (Å²) in [6.45, 7) is 2.13. The van der Waals surface area contributed by atoms with Crippen molar-refractivity contribution in [1.29, 1.82) is 0 Å². The number of ether oxygens (including phenoxy) is 1. The number of aromatic nitrogens is 2. The van der Waals surface area contributed by atoms with E-state index in [1.807, 2.05) is 6.26 Å². The van der Waals surface area contributed by atoms with Crippen LogP contribution in [0, 0.1) is 0 Å². The van der Waals surface area contributed by atoms with Crippen molar-refractivity contribution in [2.75, 3.05) is 12.9 Å². The van der Waals surface area contributed by atoms with Crippen LogP contribution in [-0.2, 0) is 4.74 Å². The van der Waals surface area contributed by atoms with Crippen molar-refractivity contribution in [2.24, 2.45) is 0 Å². The Morgan fingerprint density at radius 3 is 3.08 bits per heavy atom. The van der Waals surface area contributed by atoms with E-state index in [1.54, 1.807) is 6.92 Å². The topological polar surface area (TPSA) is 52.1 Å². The normalized spacial score (nSPS) is 9.83. The second kappa shape index (κ2) is 4.42. The van der Waals surface area contributed by atoms with E-state index in [2.05, 4.69) is 9.59 Å². The summed E-state index contributed by atoms with van der Waals surface area (Å²) in [6, 6.07) is 0. The summed E-state index contributed by atoms with van der Waals surface area (Å²) in [4.78, 5) is 11.2. The maximum atomic E-state index is 11.2. The lowest BCUT2D eigenvalue weighted by Crippen LogP contribution is -2.06. The molecule has 1 rings (SSSR count). The number of hydrogen-bond donors (Lipinski definition) is 0. The van der Waals surface area contributed by atoms with Gasteiger partial charge in [-0.2, -0.15) is 0 Å². The Labute approximate surface area is 78.5 Å². The van der Waals surface area contributed by atoms with Gasteiger partial charge in [-0.15, -0.1) is 16.9 Å². The van der Waals surface area contributed by atoms with E-state index in [0.717, 1.165) is 4.21 Å². The fourth-order valence-corrected chi connectivity index (χ4v) is 1.76. The summed E-state index contributed by atoms with van der Waals surface area (Å²) in [7, 11) is 0. The van der Waals surface area contributed by atoms with Crippen molar-refractivity contribution in [1.82, 2.24) is 9.59 Å². The van der Waals surface area contributed by atoms with Crippen LogP contribution in [0.3, 0.4) is 0 Å².